The van der Waals surface area contributed by atoms with Crippen molar-refractivity contribution < 1.29 is 26.3 Å². The monoisotopic (exact) mass is 486 g/mol. The number of benzene rings is 2. The van der Waals surface area contributed by atoms with E-state index in [-0.39, 0.29) is 17.3 Å². The van der Waals surface area contributed by atoms with Crippen LogP contribution in [0.3, 0.4) is 0 Å². The molecule has 0 atom stereocenters. The maximum atomic E-state index is 15.6. The highest BCUT2D eigenvalue weighted by Gasteiger charge is 2.27. The summed E-state index contributed by atoms with van der Waals surface area (Å²) in [6.45, 7) is 0.941. The molecule has 1 aliphatic heterocycles. The predicted octanol–water partition coefficient (Wildman–Crippen LogP) is 4.40. The second-order valence-corrected chi connectivity index (χ2v) is 9.30. The molecular formula is C23H17F3N4O3S. The molecule has 1 fully saturated rings. The van der Waals surface area contributed by atoms with Gasteiger partial charge in [-0.2, -0.15) is 5.10 Å². The van der Waals surface area contributed by atoms with Crippen LogP contribution in [-0.2, 0) is 14.8 Å². The van der Waals surface area contributed by atoms with Gasteiger partial charge in [-0.15, -0.1) is 0 Å². The number of ether oxygens (including phenoxy) is 1. The molecule has 7 nitrogen and oxygen atoms in total. The molecule has 5 rings (SSSR count). The van der Waals surface area contributed by atoms with E-state index in [1.54, 1.807) is 35.4 Å². The van der Waals surface area contributed by atoms with E-state index in [1.807, 2.05) is 4.72 Å². The highest BCUT2D eigenvalue weighted by Crippen LogP contribution is 2.36. The van der Waals surface area contributed by atoms with Crippen molar-refractivity contribution in [3.8, 4) is 22.4 Å². The van der Waals surface area contributed by atoms with Crippen LogP contribution in [0.25, 0.3) is 22.4 Å². The van der Waals surface area contributed by atoms with Crippen molar-refractivity contribution in [2.45, 2.75) is 10.9 Å². The minimum absolute atomic E-state index is 0.00460. The SMILES string of the molecule is O=S(=O)(Nc1cccc(-c2nn(C3COC3)cc2-c2ccncc2)c1F)c1cc(F)ccc1F. The van der Waals surface area contributed by atoms with Crippen LogP contribution in [0, 0.1) is 17.5 Å². The molecule has 1 aliphatic rings. The number of sulfonamides is 1. The van der Waals surface area contributed by atoms with Gasteiger partial charge in [-0.1, -0.05) is 6.07 Å². The van der Waals surface area contributed by atoms with Gasteiger partial charge in [0, 0.05) is 29.7 Å². The Morgan fingerprint density at radius 1 is 1.00 bits per heavy atom. The lowest BCUT2D eigenvalue weighted by atomic mass is 10.0. The molecule has 174 valence electrons. The van der Waals surface area contributed by atoms with Crippen LogP contribution in [-0.4, -0.2) is 36.4 Å². The molecule has 0 amide bonds. The van der Waals surface area contributed by atoms with E-state index in [0.29, 0.717) is 30.9 Å². The Morgan fingerprint density at radius 2 is 1.76 bits per heavy atom. The van der Waals surface area contributed by atoms with Gasteiger partial charge in [0.05, 0.1) is 24.9 Å². The van der Waals surface area contributed by atoms with Crippen molar-refractivity contribution in [3.05, 3.63) is 84.6 Å². The van der Waals surface area contributed by atoms with E-state index < -0.39 is 38.1 Å². The van der Waals surface area contributed by atoms with Gasteiger partial charge in [-0.3, -0.25) is 14.4 Å². The minimum Gasteiger partial charge on any atom is -0.377 e. The van der Waals surface area contributed by atoms with Crippen LogP contribution < -0.4 is 4.72 Å². The fourth-order valence-corrected chi connectivity index (χ4v) is 4.72. The zero-order valence-electron chi connectivity index (χ0n) is 17.5. The largest absolute Gasteiger partial charge is 0.377 e. The van der Waals surface area contributed by atoms with E-state index in [1.165, 1.54) is 18.2 Å². The van der Waals surface area contributed by atoms with Gasteiger partial charge in [0.1, 0.15) is 22.2 Å². The molecule has 1 saturated heterocycles. The standard InChI is InChI=1S/C23H17F3N4O3S/c24-15-4-5-19(25)21(10-15)34(31,32)29-20-3-1-2-17(22(20)26)23-18(14-6-8-27-9-7-14)11-30(28-23)16-12-33-13-16/h1-11,16,29H,12-13H2. The fourth-order valence-electron chi connectivity index (χ4n) is 3.57. The second kappa shape index (κ2) is 8.58. The summed E-state index contributed by atoms with van der Waals surface area (Å²) in [7, 11) is -4.61. The second-order valence-electron chi connectivity index (χ2n) is 7.65. The maximum Gasteiger partial charge on any atom is 0.265 e. The highest BCUT2D eigenvalue weighted by atomic mass is 32.2. The van der Waals surface area contributed by atoms with Gasteiger partial charge in [0.15, 0.2) is 5.82 Å². The molecule has 2 aromatic heterocycles. The summed E-state index contributed by atoms with van der Waals surface area (Å²) in [5, 5.41) is 4.55. The summed E-state index contributed by atoms with van der Waals surface area (Å²) in [5.74, 6) is -3.01. The molecule has 0 radical (unpaired) electrons. The third kappa shape index (κ3) is 4.03. The number of anilines is 1. The molecule has 4 aromatic rings. The average molecular weight is 486 g/mol. The van der Waals surface area contributed by atoms with E-state index in [2.05, 4.69) is 10.1 Å². The number of aromatic nitrogens is 3. The molecule has 3 heterocycles. The fraction of sp³-hybridized carbons (Fsp3) is 0.130. The van der Waals surface area contributed by atoms with Crippen molar-refractivity contribution in [3.63, 3.8) is 0 Å². The molecule has 1 N–H and O–H groups in total. The number of rotatable bonds is 6. The van der Waals surface area contributed by atoms with Gasteiger partial charge >= 0.3 is 0 Å². The number of hydrogen-bond donors (Lipinski definition) is 1. The van der Waals surface area contributed by atoms with Crippen molar-refractivity contribution in [2.75, 3.05) is 17.9 Å². The molecule has 0 unspecified atom stereocenters. The lowest BCUT2D eigenvalue weighted by Crippen LogP contribution is -2.30. The topological polar surface area (TPSA) is 86.1 Å². The lowest BCUT2D eigenvalue weighted by Gasteiger charge is -2.26. The van der Waals surface area contributed by atoms with Crippen molar-refractivity contribution in [1.82, 2.24) is 14.8 Å². The molecule has 0 aliphatic carbocycles. The maximum absolute atomic E-state index is 15.6. The summed E-state index contributed by atoms with van der Waals surface area (Å²) in [6, 6.07) is 9.60. The summed E-state index contributed by atoms with van der Waals surface area (Å²) in [4.78, 5) is 3.07. The van der Waals surface area contributed by atoms with Crippen molar-refractivity contribution >= 4 is 15.7 Å². The third-order valence-corrected chi connectivity index (χ3v) is 6.78. The minimum atomic E-state index is -4.61. The normalized spacial score (nSPS) is 14.1. The molecule has 0 spiro atoms. The summed E-state index contributed by atoms with van der Waals surface area (Å²) < 4.78 is 77.5. The highest BCUT2D eigenvalue weighted by molar-refractivity contribution is 7.92. The van der Waals surface area contributed by atoms with Crippen LogP contribution in [0.4, 0.5) is 18.9 Å². The van der Waals surface area contributed by atoms with E-state index in [4.69, 9.17) is 4.74 Å². The van der Waals surface area contributed by atoms with Gasteiger partial charge < -0.3 is 4.74 Å². The zero-order chi connectivity index (χ0) is 23.9. The van der Waals surface area contributed by atoms with E-state index in [0.717, 1.165) is 11.6 Å². The Hall–Kier alpha value is -3.70. The van der Waals surface area contributed by atoms with Crippen LogP contribution in [0.5, 0.6) is 0 Å². The van der Waals surface area contributed by atoms with Crippen LogP contribution in [0.2, 0.25) is 0 Å². The van der Waals surface area contributed by atoms with Gasteiger partial charge in [-0.25, -0.2) is 21.6 Å². The molecule has 11 heteroatoms. The quantitative estimate of drug-likeness (QED) is 0.437. The van der Waals surface area contributed by atoms with Crippen LogP contribution in [0.15, 0.2) is 72.0 Å². The number of nitrogens with zero attached hydrogens (tertiary/aromatic N) is 3. The lowest BCUT2D eigenvalue weighted by molar-refractivity contribution is -0.0285. The van der Waals surface area contributed by atoms with Gasteiger partial charge in [-0.05, 0) is 48.0 Å². The third-order valence-electron chi connectivity index (χ3n) is 5.40. The Kier molecular flexibility index (Phi) is 5.58. The van der Waals surface area contributed by atoms with Crippen LogP contribution in [0.1, 0.15) is 6.04 Å². The van der Waals surface area contributed by atoms with E-state index >= 15 is 4.39 Å². The Labute approximate surface area is 192 Å². The molecule has 0 saturated carbocycles. The van der Waals surface area contributed by atoms with Crippen LogP contribution >= 0.6 is 0 Å². The summed E-state index contributed by atoms with van der Waals surface area (Å²) >= 11 is 0. The Morgan fingerprint density at radius 3 is 2.47 bits per heavy atom. The smallest absolute Gasteiger partial charge is 0.265 e. The zero-order valence-corrected chi connectivity index (χ0v) is 18.3. The summed E-state index contributed by atoms with van der Waals surface area (Å²) in [6.07, 6.45) is 4.96. The number of nitrogens with one attached hydrogen (secondary N) is 1. The van der Waals surface area contributed by atoms with Crippen molar-refractivity contribution in [2.24, 2.45) is 0 Å². The Bertz CT molecular complexity index is 1470. The average Bonchev–Trinajstić information content (AvgIpc) is 3.20. The Balaban J connectivity index is 1.58. The van der Waals surface area contributed by atoms with Crippen molar-refractivity contribution in [1.29, 1.82) is 0 Å². The first-order valence-electron chi connectivity index (χ1n) is 10.2. The van der Waals surface area contributed by atoms with Gasteiger partial charge in [0.25, 0.3) is 10.0 Å². The molecule has 34 heavy (non-hydrogen) atoms. The first kappa shape index (κ1) is 22.1. The first-order valence-corrected chi connectivity index (χ1v) is 11.7. The molecule has 0 bridgehead atoms. The van der Waals surface area contributed by atoms with E-state index in [9.17, 15) is 17.2 Å². The predicted molar refractivity (Wildman–Crippen MR) is 118 cm³/mol. The number of pyridine rings is 1. The molecular weight excluding hydrogens is 469 g/mol. The first-order chi connectivity index (χ1) is 16.3. The number of halogens is 3. The summed E-state index contributed by atoms with van der Waals surface area (Å²) in [5.41, 5.74) is 1.25. The van der Waals surface area contributed by atoms with Gasteiger partial charge in [0.2, 0.25) is 0 Å². The number of hydrogen-bond acceptors (Lipinski definition) is 5. The molecule has 2 aromatic carbocycles.